The molecule has 0 amide bonds. The van der Waals surface area contributed by atoms with Gasteiger partial charge in [0.05, 0.1) is 22.9 Å². The van der Waals surface area contributed by atoms with E-state index in [0.717, 1.165) is 29.8 Å². The highest BCUT2D eigenvalue weighted by molar-refractivity contribution is 9.10. The summed E-state index contributed by atoms with van der Waals surface area (Å²) >= 11 is 3.61. The molecule has 2 atom stereocenters. The van der Waals surface area contributed by atoms with Gasteiger partial charge in [0.2, 0.25) is 0 Å². The van der Waals surface area contributed by atoms with Gasteiger partial charge in [-0.3, -0.25) is 0 Å². The molecule has 0 aliphatic heterocycles. The summed E-state index contributed by atoms with van der Waals surface area (Å²) in [6, 6.07) is 2.11. The standard InChI is InChI=1S/C17H28BrNO2/c1-3-11-19-15(17-14(18)10-12-21-17)16(20-4-2)13-8-6-5-7-9-13/h10,12-13,15-16,19H,3-9,11H2,1-2H3. The van der Waals surface area contributed by atoms with Crippen molar-refractivity contribution < 1.29 is 9.15 Å². The topological polar surface area (TPSA) is 34.4 Å². The van der Waals surface area contributed by atoms with Crippen molar-refractivity contribution in [2.24, 2.45) is 5.92 Å². The summed E-state index contributed by atoms with van der Waals surface area (Å²) in [5.74, 6) is 1.61. The minimum absolute atomic E-state index is 0.136. The van der Waals surface area contributed by atoms with E-state index in [9.17, 15) is 0 Å². The summed E-state index contributed by atoms with van der Waals surface area (Å²) in [4.78, 5) is 0. The van der Waals surface area contributed by atoms with Crippen LogP contribution in [-0.2, 0) is 4.74 Å². The van der Waals surface area contributed by atoms with Gasteiger partial charge in [-0.05, 0) is 60.6 Å². The molecule has 21 heavy (non-hydrogen) atoms. The first-order valence-corrected chi connectivity index (χ1v) is 9.15. The van der Waals surface area contributed by atoms with Crippen molar-refractivity contribution in [3.63, 3.8) is 0 Å². The molecule has 1 aromatic rings. The Morgan fingerprint density at radius 1 is 1.33 bits per heavy atom. The van der Waals surface area contributed by atoms with E-state index in [1.165, 1.54) is 32.1 Å². The highest BCUT2D eigenvalue weighted by Gasteiger charge is 2.34. The lowest BCUT2D eigenvalue weighted by Gasteiger charge is -2.35. The third-order valence-electron chi connectivity index (χ3n) is 4.34. The van der Waals surface area contributed by atoms with Gasteiger partial charge in [0.15, 0.2) is 0 Å². The molecule has 1 aliphatic rings. The minimum Gasteiger partial charge on any atom is -0.466 e. The average Bonchev–Trinajstić information content (AvgIpc) is 2.93. The second-order valence-corrected chi connectivity index (χ2v) is 6.74. The lowest BCUT2D eigenvalue weighted by molar-refractivity contribution is -0.0230. The Morgan fingerprint density at radius 2 is 2.10 bits per heavy atom. The third kappa shape index (κ3) is 4.57. The summed E-state index contributed by atoms with van der Waals surface area (Å²) in [7, 11) is 0. The normalized spacial score (nSPS) is 19.6. The zero-order valence-electron chi connectivity index (χ0n) is 13.2. The Hall–Kier alpha value is -0.320. The Bertz CT molecular complexity index is 401. The van der Waals surface area contributed by atoms with Crippen molar-refractivity contribution in [3.8, 4) is 0 Å². The van der Waals surface area contributed by atoms with Crippen LogP contribution < -0.4 is 5.32 Å². The van der Waals surface area contributed by atoms with Gasteiger partial charge >= 0.3 is 0 Å². The van der Waals surface area contributed by atoms with Crippen LogP contribution in [0, 0.1) is 5.92 Å². The Kier molecular flexibility index (Phi) is 7.27. The maximum atomic E-state index is 6.18. The summed E-state index contributed by atoms with van der Waals surface area (Å²) in [5, 5.41) is 3.65. The minimum atomic E-state index is 0.136. The molecule has 120 valence electrons. The number of rotatable bonds is 8. The van der Waals surface area contributed by atoms with Crippen LogP contribution >= 0.6 is 15.9 Å². The molecule has 1 fully saturated rings. The fourth-order valence-corrected chi connectivity index (χ4v) is 3.79. The molecule has 1 aliphatic carbocycles. The number of furan rings is 1. The molecule has 4 heteroatoms. The number of nitrogens with one attached hydrogen (secondary N) is 1. The highest BCUT2D eigenvalue weighted by Crippen LogP contribution is 2.37. The lowest BCUT2D eigenvalue weighted by atomic mass is 9.82. The Labute approximate surface area is 136 Å². The zero-order chi connectivity index (χ0) is 15.1. The van der Waals surface area contributed by atoms with Crippen LogP contribution in [0.15, 0.2) is 21.2 Å². The van der Waals surface area contributed by atoms with E-state index in [4.69, 9.17) is 9.15 Å². The summed E-state index contributed by atoms with van der Waals surface area (Å²) < 4.78 is 13.0. The van der Waals surface area contributed by atoms with Crippen LogP contribution in [0.2, 0.25) is 0 Å². The van der Waals surface area contributed by atoms with Crippen LogP contribution in [0.5, 0.6) is 0 Å². The predicted molar refractivity (Wildman–Crippen MR) is 89.4 cm³/mol. The van der Waals surface area contributed by atoms with Crippen LogP contribution in [0.3, 0.4) is 0 Å². The van der Waals surface area contributed by atoms with Crippen LogP contribution in [0.25, 0.3) is 0 Å². The van der Waals surface area contributed by atoms with E-state index >= 15 is 0 Å². The van der Waals surface area contributed by atoms with Crippen LogP contribution in [0.1, 0.15) is 64.2 Å². The SMILES string of the molecule is CCCNC(c1occc1Br)C(OCC)C1CCCCC1. The van der Waals surface area contributed by atoms with Crippen molar-refractivity contribution in [1.82, 2.24) is 5.32 Å². The monoisotopic (exact) mass is 357 g/mol. The average molecular weight is 358 g/mol. The molecule has 1 saturated carbocycles. The molecule has 2 unspecified atom stereocenters. The maximum absolute atomic E-state index is 6.18. The van der Waals surface area contributed by atoms with Gasteiger partial charge in [-0.25, -0.2) is 0 Å². The van der Waals surface area contributed by atoms with E-state index in [1.54, 1.807) is 6.26 Å². The second kappa shape index (κ2) is 8.96. The predicted octanol–water partition coefficient (Wildman–Crippen LogP) is 5.07. The first-order chi connectivity index (χ1) is 10.3. The molecule has 3 nitrogen and oxygen atoms in total. The molecule has 0 bridgehead atoms. The molecule has 0 spiro atoms. The summed E-state index contributed by atoms with van der Waals surface area (Å²) in [5.41, 5.74) is 0. The van der Waals surface area contributed by atoms with E-state index in [-0.39, 0.29) is 12.1 Å². The van der Waals surface area contributed by atoms with Crippen molar-refractivity contribution in [2.45, 2.75) is 64.5 Å². The fourth-order valence-electron chi connectivity index (χ4n) is 3.34. The van der Waals surface area contributed by atoms with E-state index < -0.39 is 0 Å². The lowest BCUT2D eigenvalue weighted by Crippen LogP contribution is -2.40. The van der Waals surface area contributed by atoms with Crippen molar-refractivity contribution in [3.05, 3.63) is 22.6 Å². The van der Waals surface area contributed by atoms with Gasteiger partial charge in [0, 0.05) is 6.61 Å². The maximum Gasteiger partial charge on any atom is 0.137 e. The molecule has 1 heterocycles. The van der Waals surface area contributed by atoms with Crippen molar-refractivity contribution in [2.75, 3.05) is 13.2 Å². The zero-order valence-corrected chi connectivity index (χ0v) is 14.8. The fraction of sp³-hybridized carbons (Fsp3) is 0.765. The molecule has 1 aromatic heterocycles. The molecular weight excluding hydrogens is 330 g/mol. The van der Waals surface area contributed by atoms with Crippen LogP contribution in [0.4, 0.5) is 0 Å². The van der Waals surface area contributed by atoms with Gasteiger partial charge in [0.25, 0.3) is 0 Å². The van der Waals surface area contributed by atoms with Crippen molar-refractivity contribution in [1.29, 1.82) is 0 Å². The van der Waals surface area contributed by atoms with Gasteiger partial charge in [-0.2, -0.15) is 0 Å². The first-order valence-electron chi connectivity index (χ1n) is 8.35. The smallest absolute Gasteiger partial charge is 0.137 e. The van der Waals surface area contributed by atoms with Gasteiger partial charge in [-0.15, -0.1) is 0 Å². The van der Waals surface area contributed by atoms with Crippen LogP contribution in [-0.4, -0.2) is 19.3 Å². The molecule has 0 aromatic carbocycles. The molecule has 0 saturated heterocycles. The molecule has 1 N–H and O–H groups in total. The van der Waals surface area contributed by atoms with Gasteiger partial charge in [-0.1, -0.05) is 26.2 Å². The highest BCUT2D eigenvalue weighted by atomic mass is 79.9. The number of ether oxygens (including phenoxy) is 1. The van der Waals surface area contributed by atoms with Gasteiger partial charge < -0.3 is 14.5 Å². The molecular formula is C17H28BrNO2. The van der Waals surface area contributed by atoms with E-state index in [0.29, 0.717) is 5.92 Å². The Balaban J connectivity index is 2.19. The number of hydrogen-bond acceptors (Lipinski definition) is 3. The van der Waals surface area contributed by atoms with Crippen molar-refractivity contribution >= 4 is 15.9 Å². The third-order valence-corrected chi connectivity index (χ3v) is 5.00. The number of halogens is 1. The quantitative estimate of drug-likeness (QED) is 0.705. The van der Waals surface area contributed by atoms with E-state index in [1.807, 2.05) is 6.07 Å². The largest absolute Gasteiger partial charge is 0.466 e. The molecule has 0 radical (unpaired) electrons. The molecule has 2 rings (SSSR count). The summed E-state index contributed by atoms with van der Waals surface area (Å²) in [6.45, 7) is 6.01. The Morgan fingerprint density at radius 3 is 2.67 bits per heavy atom. The van der Waals surface area contributed by atoms with E-state index in [2.05, 4.69) is 35.1 Å². The number of hydrogen-bond donors (Lipinski definition) is 1. The van der Waals surface area contributed by atoms with Gasteiger partial charge in [0.1, 0.15) is 5.76 Å². The first kappa shape index (κ1) is 17.0. The second-order valence-electron chi connectivity index (χ2n) is 5.88. The summed E-state index contributed by atoms with van der Waals surface area (Å²) in [6.07, 6.45) is 9.63.